The smallest absolute Gasteiger partial charge is 0.227 e. The average Bonchev–Trinajstić information content (AvgIpc) is 2.84. The van der Waals surface area contributed by atoms with E-state index in [4.69, 9.17) is 4.74 Å². The highest BCUT2D eigenvalue weighted by Crippen LogP contribution is 2.31. The molecule has 0 spiro atoms. The van der Waals surface area contributed by atoms with Crippen molar-refractivity contribution >= 4 is 11.8 Å². The average molecular weight is 316 g/mol. The monoisotopic (exact) mass is 316 g/mol. The van der Waals surface area contributed by atoms with Crippen molar-refractivity contribution in [2.45, 2.75) is 32.2 Å². The molecule has 1 aromatic carbocycles. The Labute approximate surface area is 137 Å². The first-order valence-corrected chi connectivity index (χ1v) is 8.19. The van der Waals surface area contributed by atoms with Crippen LogP contribution in [0.2, 0.25) is 0 Å². The van der Waals surface area contributed by atoms with Crippen LogP contribution in [0.25, 0.3) is 0 Å². The van der Waals surface area contributed by atoms with Crippen LogP contribution in [0.15, 0.2) is 18.2 Å². The summed E-state index contributed by atoms with van der Waals surface area (Å²) in [5, 5.41) is 0. The van der Waals surface area contributed by atoms with E-state index in [0.29, 0.717) is 13.0 Å². The van der Waals surface area contributed by atoms with Gasteiger partial charge in [-0.1, -0.05) is 12.1 Å². The number of benzene rings is 1. The number of hydrogen-bond acceptors (Lipinski definition) is 3. The molecule has 3 rings (SSSR count). The van der Waals surface area contributed by atoms with E-state index in [0.717, 1.165) is 36.3 Å². The summed E-state index contributed by atoms with van der Waals surface area (Å²) in [6.45, 7) is 3.40. The molecular weight excluding hydrogens is 292 g/mol. The first-order chi connectivity index (χ1) is 11.0. The fourth-order valence-corrected chi connectivity index (χ4v) is 3.78. The van der Waals surface area contributed by atoms with Gasteiger partial charge >= 0.3 is 0 Å². The molecule has 0 radical (unpaired) electrons. The molecule has 0 aromatic heterocycles. The largest absolute Gasteiger partial charge is 0.496 e. The van der Waals surface area contributed by atoms with E-state index in [-0.39, 0.29) is 23.8 Å². The van der Waals surface area contributed by atoms with E-state index in [1.54, 1.807) is 12.0 Å². The Morgan fingerprint density at radius 3 is 2.91 bits per heavy atom. The highest BCUT2D eigenvalue weighted by molar-refractivity contribution is 5.85. The Hall–Kier alpha value is -2.04. The predicted octanol–water partition coefficient (Wildman–Crippen LogP) is 1.63. The fraction of sp³-hybridized carbons (Fsp3) is 0.556. The van der Waals surface area contributed by atoms with Gasteiger partial charge < -0.3 is 14.5 Å². The normalized spacial score (nSPS) is 23.9. The third-order valence-electron chi connectivity index (χ3n) is 5.08. The minimum absolute atomic E-state index is 0.00902. The molecule has 0 saturated carbocycles. The Kier molecular flexibility index (Phi) is 4.28. The molecule has 0 N–H and O–H groups in total. The zero-order valence-corrected chi connectivity index (χ0v) is 14.0. The van der Waals surface area contributed by atoms with Crippen LogP contribution in [0.3, 0.4) is 0 Å². The Bertz CT molecular complexity index is 629. The summed E-state index contributed by atoms with van der Waals surface area (Å²) >= 11 is 0. The lowest BCUT2D eigenvalue weighted by Gasteiger charge is -2.36. The zero-order chi connectivity index (χ0) is 16.6. The minimum Gasteiger partial charge on any atom is -0.496 e. The number of nitrogens with zero attached hydrogens (tertiary/aromatic N) is 2. The van der Waals surface area contributed by atoms with Crippen molar-refractivity contribution in [1.29, 1.82) is 0 Å². The first kappa shape index (κ1) is 15.8. The van der Waals surface area contributed by atoms with Crippen molar-refractivity contribution in [3.05, 3.63) is 29.3 Å². The second kappa shape index (κ2) is 6.22. The number of carbonyl (C=O) groups excluding carboxylic acids is 2. The number of likely N-dealkylation sites (N-methyl/N-ethyl adjacent to an activating group) is 1. The number of aryl methyl sites for hydroxylation is 1. The molecule has 0 bridgehead atoms. The zero-order valence-electron chi connectivity index (χ0n) is 14.0. The molecule has 0 unspecified atom stereocenters. The number of hydrogen-bond donors (Lipinski definition) is 0. The molecule has 23 heavy (non-hydrogen) atoms. The number of piperidine rings is 1. The van der Waals surface area contributed by atoms with Gasteiger partial charge in [0.15, 0.2) is 0 Å². The van der Waals surface area contributed by atoms with Crippen LogP contribution in [-0.2, 0) is 16.0 Å². The van der Waals surface area contributed by atoms with Crippen LogP contribution in [0.1, 0.15) is 24.0 Å². The number of amides is 2. The lowest BCUT2D eigenvalue weighted by atomic mass is 9.91. The summed E-state index contributed by atoms with van der Waals surface area (Å²) in [6.07, 6.45) is 2.16. The number of carbonyl (C=O) groups is 2. The van der Waals surface area contributed by atoms with Crippen LogP contribution in [0.5, 0.6) is 5.75 Å². The van der Waals surface area contributed by atoms with Gasteiger partial charge in [0.05, 0.1) is 25.5 Å². The van der Waals surface area contributed by atoms with E-state index in [9.17, 15) is 9.59 Å². The van der Waals surface area contributed by atoms with Gasteiger partial charge in [-0.25, -0.2) is 0 Å². The second-order valence-electron chi connectivity index (χ2n) is 6.60. The molecule has 2 heterocycles. The van der Waals surface area contributed by atoms with Crippen LogP contribution < -0.4 is 4.74 Å². The quantitative estimate of drug-likeness (QED) is 0.851. The van der Waals surface area contributed by atoms with Gasteiger partial charge in [-0.15, -0.1) is 0 Å². The Morgan fingerprint density at radius 2 is 2.17 bits per heavy atom. The topological polar surface area (TPSA) is 49.9 Å². The summed E-state index contributed by atoms with van der Waals surface area (Å²) in [7, 11) is 3.47. The van der Waals surface area contributed by atoms with Crippen molar-refractivity contribution in [2.24, 2.45) is 5.92 Å². The summed E-state index contributed by atoms with van der Waals surface area (Å²) in [5.41, 5.74) is 2.02. The minimum atomic E-state index is -0.00902. The molecule has 0 aliphatic carbocycles. The highest BCUT2D eigenvalue weighted by Gasteiger charge is 2.45. The standard InChI is InChI=1S/C18H24N2O3/c1-12-6-7-13(9-16(12)23-3)10-17(21)20-8-4-5-14-15(20)11-19(2)18(14)22/h6-7,9,14-15H,4-5,8,10-11H2,1-3H3/t14-,15-/m1/s1. The summed E-state index contributed by atoms with van der Waals surface area (Å²) in [5.74, 6) is 1.09. The molecule has 2 aliphatic rings. The summed E-state index contributed by atoms with van der Waals surface area (Å²) in [4.78, 5) is 28.6. The number of fused-ring (bicyclic) bond motifs is 1. The maximum absolute atomic E-state index is 12.8. The maximum Gasteiger partial charge on any atom is 0.227 e. The third kappa shape index (κ3) is 2.92. The van der Waals surface area contributed by atoms with Crippen LogP contribution >= 0.6 is 0 Å². The number of likely N-dealkylation sites (tertiary alicyclic amines) is 2. The molecule has 2 fully saturated rings. The molecule has 5 heteroatoms. The van der Waals surface area contributed by atoms with Crippen LogP contribution in [-0.4, -0.2) is 54.9 Å². The Balaban J connectivity index is 1.74. The predicted molar refractivity (Wildman–Crippen MR) is 87.3 cm³/mol. The van der Waals surface area contributed by atoms with Gasteiger partial charge in [0.1, 0.15) is 5.75 Å². The van der Waals surface area contributed by atoms with Crippen LogP contribution in [0, 0.1) is 12.8 Å². The molecule has 1 aromatic rings. The Morgan fingerprint density at radius 1 is 1.39 bits per heavy atom. The van der Waals surface area contributed by atoms with E-state index < -0.39 is 0 Å². The highest BCUT2D eigenvalue weighted by atomic mass is 16.5. The van der Waals surface area contributed by atoms with E-state index in [1.807, 2.05) is 37.1 Å². The first-order valence-electron chi connectivity index (χ1n) is 8.19. The number of methoxy groups -OCH3 is 1. The van der Waals surface area contributed by atoms with Crippen molar-refractivity contribution in [3.63, 3.8) is 0 Å². The van der Waals surface area contributed by atoms with Gasteiger partial charge in [0.25, 0.3) is 0 Å². The molecule has 2 amide bonds. The molecule has 2 saturated heterocycles. The lowest BCUT2D eigenvalue weighted by Crippen LogP contribution is -2.49. The van der Waals surface area contributed by atoms with Crippen molar-refractivity contribution in [2.75, 3.05) is 27.2 Å². The van der Waals surface area contributed by atoms with Crippen molar-refractivity contribution < 1.29 is 14.3 Å². The van der Waals surface area contributed by atoms with E-state index in [1.165, 1.54) is 0 Å². The van der Waals surface area contributed by atoms with Gasteiger partial charge in [-0.2, -0.15) is 0 Å². The molecular formula is C18H24N2O3. The van der Waals surface area contributed by atoms with E-state index in [2.05, 4.69) is 0 Å². The van der Waals surface area contributed by atoms with E-state index >= 15 is 0 Å². The van der Waals surface area contributed by atoms with Gasteiger partial charge in [-0.05, 0) is 37.0 Å². The summed E-state index contributed by atoms with van der Waals surface area (Å²) < 4.78 is 5.33. The van der Waals surface area contributed by atoms with Gasteiger partial charge in [0, 0.05) is 20.1 Å². The van der Waals surface area contributed by atoms with Crippen molar-refractivity contribution in [1.82, 2.24) is 9.80 Å². The third-order valence-corrected chi connectivity index (χ3v) is 5.08. The number of ether oxygens (including phenoxy) is 1. The molecule has 124 valence electrons. The fourth-order valence-electron chi connectivity index (χ4n) is 3.78. The van der Waals surface area contributed by atoms with Crippen LogP contribution in [0.4, 0.5) is 0 Å². The molecule has 2 atom stereocenters. The van der Waals surface area contributed by atoms with Gasteiger partial charge in [-0.3, -0.25) is 9.59 Å². The SMILES string of the molecule is COc1cc(CC(=O)N2CCC[C@H]3C(=O)N(C)C[C@H]32)ccc1C. The molecule has 2 aliphatic heterocycles. The number of rotatable bonds is 3. The summed E-state index contributed by atoms with van der Waals surface area (Å²) in [6, 6.07) is 5.93. The van der Waals surface area contributed by atoms with Crippen molar-refractivity contribution in [3.8, 4) is 5.75 Å². The van der Waals surface area contributed by atoms with Gasteiger partial charge in [0.2, 0.25) is 11.8 Å². The maximum atomic E-state index is 12.8. The second-order valence-corrected chi connectivity index (χ2v) is 6.60. The molecule has 5 nitrogen and oxygen atoms in total. The lowest BCUT2D eigenvalue weighted by molar-refractivity contribution is -0.136.